The van der Waals surface area contributed by atoms with Crippen LogP contribution in [0.3, 0.4) is 0 Å². The highest BCUT2D eigenvalue weighted by Crippen LogP contribution is 2.24. The van der Waals surface area contributed by atoms with Crippen molar-refractivity contribution >= 4 is 17.9 Å². The summed E-state index contributed by atoms with van der Waals surface area (Å²) in [6.07, 6.45) is 2.58. The van der Waals surface area contributed by atoms with Crippen LogP contribution in [0.2, 0.25) is 0 Å². The number of ether oxygens (including phenoxy) is 2. The molecule has 1 N–H and O–H groups in total. The van der Waals surface area contributed by atoms with Crippen molar-refractivity contribution in [1.82, 2.24) is 10.3 Å². The van der Waals surface area contributed by atoms with Gasteiger partial charge in [-0.15, -0.1) is 0 Å². The van der Waals surface area contributed by atoms with E-state index in [-0.39, 0.29) is 17.2 Å². The van der Waals surface area contributed by atoms with E-state index in [1.54, 1.807) is 0 Å². The quantitative estimate of drug-likeness (QED) is 0.824. The minimum Gasteiger partial charge on any atom is -0.465 e. The van der Waals surface area contributed by atoms with Crippen molar-refractivity contribution in [1.29, 1.82) is 5.26 Å². The highest BCUT2D eigenvalue weighted by atomic mass is 16.6. The number of hydrogen-bond acceptors (Lipinski definition) is 7. The Bertz CT molecular complexity index is 721. The van der Waals surface area contributed by atoms with E-state index >= 15 is 0 Å². The van der Waals surface area contributed by atoms with E-state index < -0.39 is 17.7 Å². The maximum absolute atomic E-state index is 12.1. The van der Waals surface area contributed by atoms with E-state index in [4.69, 9.17) is 14.7 Å². The zero-order valence-corrected chi connectivity index (χ0v) is 15.5. The van der Waals surface area contributed by atoms with Crippen LogP contribution >= 0.6 is 0 Å². The van der Waals surface area contributed by atoms with Crippen LogP contribution in [0.5, 0.6) is 0 Å². The van der Waals surface area contributed by atoms with E-state index in [0.717, 1.165) is 12.8 Å². The number of anilines is 1. The third-order valence-electron chi connectivity index (χ3n) is 3.84. The molecule has 1 aliphatic heterocycles. The number of hydrogen-bond donors (Lipinski definition) is 1. The Kier molecular flexibility index (Phi) is 6.03. The molecule has 0 bridgehead atoms. The predicted octanol–water partition coefficient (Wildman–Crippen LogP) is 2.23. The van der Waals surface area contributed by atoms with Crippen molar-refractivity contribution in [3.63, 3.8) is 0 Å². The molecule has 26 heavy (non-hydrogen) atoms. The minimum atomic E-state index is -0.564. The average Bonchev–Trinajstić information content (AvgIpc) is 2.59. The zero-order valence-electron chi connectivity index (χ0n) is 15.5. The molecule has 0 spiro atoms. The molecular formula is C18H24N4O4. The molecule has 0 radical (unpaired) electrons. The summed E-state index contributed by atoms with van der Waals surface area (Å²) in [6.45, 7) is 6.60. The van der Waals surface area contributed by atoms with Gasteiger partial charge in [0, 0.05) is 25.3 Å². The van der Waals surface area contributed by atoms with E-state index in [0.29, 0.717) is 18.9 Å². The molecule has 1 aromatic heterocycles. The number of piperidine rings is 1. The SMILES string of the molecule is COC(=O)c1cc(C#N)cnc1N1CCC[C@H](NC(=O)OC(C)(C)C)C1. The van der Waals surface area contributed by atoms with Crippen molar-refractivity contribution in [3.8, 4) is 6.07 Å². The standard InChI is InChI=1S/C18H24N4O4/c1-18(2,3)26-17(24)21-13-6-5-7-22(11-13)15-14(16(23)25-4)8-12(9-19)10-20-15/h8,10,13H,5-7,11H2,1-4H3,(H,21,24)/t13-/m0/s1. The summed E-state index contributed by atoms with van der Waals surface area (Å²) in [7, 11) is 1.29. The number of esters is 1. The third kappa shape index (κ3) is 5.09. The summed E-state index contributed by atoms with van der Waals surface area (Å²) in [5, 5.41) is 11.9. The number of carbonyl (C=O) groups is 2. The molecule has 0 saturated carbocycles. The van der Waals surface area contributed by atoms with E-state index in [1.807, 2.05) is 31.7 Å². The molecule has 140 valence electrons. The Morgan fingerprint density at radius 1 is 1.42 bits per heavy atom. The molecule has 0 aliphatic carbocycles. The lowest BCUT2D eigenvalue weighted by Gasteiger charge is -2.35. The van der Waals surface area contributed by atoms with Gasteiger partial charge in [-0.25, -0.2) is 14.6 Å². The molecule has 1 saturated heterocycles. The summed E-state index contributed by atoms with van der Waals surface area (Å²) >= 11 is 0. The van der Waals surface area contributed by atoms with Crippen molar-refractivity contribution in [2.24, 2.45) is 0 Å². The lowest BCUT2D eigenvalue weighted by atomic mass is 10.0. The van der Waals surface area contributed by atoms with Gasteiger partial charge in [0.25, 0.3) is 0 Å². The first kappa shape index (κ1) is 19.5. The number of rotatable bonds is 3. The Hall–Kier alpha value is -2.82. The first-order valence-electron chi connectivity index (χ1n) is 8.46. The molecular weight excluding hydrogens is 336 g/mol. The number of nitriles is 1. The molecule has 1 aliphatic rings. The van der Waals surface area contributed by atoms with E-state index in [1.165, 1.54) is 19.4 Å². The van der Waals surface area contributed by atoms with Gasteiger partial charge in [-0.2, -0.15) is 5.26 Å². The second-order valence-corrected chi connectivity index (χ2v) is 7.13. The van der Waals surface area contributed by atoms with Gasteiger partial charge in [0.2, 0.25) is 0 Å². The predicted molar refractivity (Wildman–Crippen MR) is 94.9 cm³/mol. The van der Waals surface area contributed by atoms with Crippen LogP contribution in [0.4, 0.5) is 10.6 Å². The molecule has 1 atom stereocenters. The molecule has 8 heteroatoms. The number of aromatic nitrogens is 1. The maximum atomic E-state index is 12.1. The van der Waals surface area contributed by atoms with Crippen LogP contribution in [0.1, 0.15) is 49.5 Å². The van der Waals surface area contributed by atoms with Crippen molar-refractivity contribution < 1.29 is 19.1 Å². The van der Waals surface area contributed by atoms with Crippen LogP contribution in [0.15, 0.2) is 12.3 Å². The Balaban J connectivity index is 2.15. The van der Waals surface area contributed by atoms with Gasteiger partial charge >= 0.3 is 12.1 Å². The molecule has 1 fully saturated rings. The van der Waals surface area contributed by atoms with Crippen molar-refractivity contribution in [3.05, 3.63) is 23.4 Å². The summed E-state index contributed by atoms with van der Waals surface area (Å²) in [5.74, 6) is -0.0987. The summed E-state index contributed by atoms with van der Waals surface area (Å²) < 4.78 is 10.1. The number of carbonyl (C=O) groups excluding carboxylic acids is 2. The van der Waals surface area contributed by atoms with Gasteiger partial charge in [0.05, 0.1) is 12.7 Å². The van der Waals surface area contributed by atoms with Gasteiger partial charge in [0.15, 0.2) is 0 Å². The zero-order chi connectivity index (χ0) is 19.3. The van der Waals surface area contributed by atoms with Crippen LogP contribution in [0.25, 0.3) is 0 Å². The van der Waals surface area contributed by atoms with E-state index in [2.05, 4.69) is 10.3 Å². The lowest BCUT2D eigenvalue weighted by molar-refractivity contribution is 0.0498. The van der Waals surface area contributed by atoms with E-state index in [9.17, 15) is 9.59 Å². The summed E-state index contributed by atoms with van der Waals surface area (Å²) in [6, 6.07) is 3.32. The first-order chi connectivity index (χ1) is 12.2. The van der Waals surface area contributed by atoms with Crippen LogP contribution in [0, 0.1) is 11.3 Å². The number of nitrogens with zero attached hydrogens (tertiary/aromatic N) is 3. The average molecular weight is 360 g/mol. The second-order valence-electron chi connectivity index (χ2n) is 7.13. The van der Waals surface area contributed by atoms with Gasteiger partial charge in [-0.05, 0) is 39.7 Å². The van der Waals surface area contributed by atoms with Crippen LogP contribution < -0.4 is 10.2 Å². The molecule has 1 amide bonds. The Labute approximate surface area is 153 Å². The summed E-state index contributed by atoms with van der Waals surface area (Å²) in [5.41, 5.74) is -0.0374. The number of pyridine rings is 1. The fraction of sp³-hybridized carbons (Fsp3) is 0.556. The Morgan fingerprint density at radius 3 is 2.77 bits per heavy atom. The molecule has 0 unspecified atom stereocenters. The molecule has 8 nitrogen and oxygen atoms in total. The number of amides is 1. The normalized spacial score (nSPS) is 17.2. The third-order valence-corrected chi connectivity index (χ3v) is 3.84. The van der Waals surface area contributed by atoms with Gasteiger partial charge in [-0.3, -0.25) is 0 Å². The van der Waals surface area contributed by atoms with Crippen LogP contribution in [-0.2, 0) is 9.47 Å². The number of alkyl carbamates (subject to hydrolysis) is 1. The first-order valence-corrected chi connectivity index (χ1v) is 8.46. The Morgan fingerprint density at radius 2 is 2.15 bits per heavy atom. The molecule has 2 heterocycles. The fourth-order valence-corrected chi connectivity index (χ4v) is 2.79. The molecule has 0 aromatic carbocycles. The van der Waals surface area contributed by atoms with Crippen molar-refractivity contribution in [2.75, 3.05) is 25.1 Å². The minimum absolute atomic E-state index is 0.124. The highest BCUT2D eigenvalue weighted by Gasteiger charge is 2.27. The fourth-order valence-electron chi connectivity index (χ4n) is 2.79. The number of nitrogens with one attached hydrogen (secondary N) is 1. The van der Waals surface area contributed by atoms with Gasteiger partial charge in [0.1, 0.15) is 23.1 Å². The van der Waals surface area contributed by atoms with Gasteiger partial charge < -0.3 is 19.7 Å². The van der Waals surface area contributed by atoms with Crippen molar-refractivity contribution in [2.45, 2.75) is 45.3 Å². The molecule has 1 aromatic rings. The molecule has 2 rings (SSSR count). The highest BCUT2D eigenvalue weighted by molar-refractivity contribution is 5.95. The van der Waals surface area contributed by atoms with Gasteiger partial charge in [-0.1, -0.05) is 0 Å². The second kappa shape index (κ2) is 8.04. The van der Waals surface area contributed by atoms with Crippen LogP contribution in [-0.4, -0.2) is 48.9 Å². The monoisotopic (exact) mass is 360 g/mol. The smallest absolute Gasteiger partial charge is 0.407 e. The lowest BCUT2D eigenvalue weighted by Crippen LogP contribution is -2.49. The topological polar surface area (TPSA) is 105 Å². The largest absolute Gasteiger partial charge is 0.465 e. The maximum Gasteiger partial charge on any atom is 0.407 e. The summed E-state index contributed by atoms with van der Waals surface area (Å²) in [4.78, 5) is 30.3. The number of methoxy groups -OCH3 is 1.